The van der Waals surface area contributed by atoms with Crippen LogP contribution in [0.5, 0.6) is 0 Å². The van der Waals surface area contributed by atoms with Gasteiger partial charge in [0.25, 0.3) is 5.91 Å². The van der Waals surface area contributed by atoms with E-state index in [0.717, 1.165) is 11.3 Å². The number of rotatable bonds is 4. The fraction of sp³-hybridized carbons (Fsp3) is 0.417. The van der Waals surface area contributed by atoms with Gasteiger partial charge in [0.15, 0.2) is 0 Å². The number of nitrogens with zero attached hydrogens (tertiary/aromatic N) is 1. The van der Waals surface area contributed by atoms with Crippen LogP contribution in [0.1, 0.15) is 28.9 Å². The van der Waals surface area contributed by atoms with Gasteiger partial charge in [0.1, 0.15) is 0 Å². The second-order valence-corrected chi connectivity index (χ2v) is 4.24. The molecule has 1 aromatic rings. The monoisotopic (exact) mass is 236 g/mol. The Balaban J connectivity index is 3.35. The number of carbonyl (C=O) groups excluding carboxylic acids is 1. The zero-order valence-electron chi connectivity index (χ0n) is 10.7. The molecule has 5 nitrogen and oxygen atoms in total. The summed E-state index contributed by atoms with van der Waals surface area (Å²) in [6.45, 7) is 2.07. The SMILES string of the molecule is CNc1c(C(C)N(C)C)ccc(C(N)=O)c1N. The average Bonchev–Trinajstić information content (AvgIpc) is 2.26. The van der Waals surface area contributed by atoms with Gasteiger partial charge in [-0.1, -0.05) is 6.07 Å². The number of hydrogen-bond donors (Lipinski definition) is 3. The first-order valence-electron chi connectivity index (χ1n) is 5.46. The third-order valence-electron chi connectivity index (χ3n) is 3.02. The molecule has 0 aromatic heterocycles. The molecular weight excluding hydrogens is 216 g/mol. The maximum atomic E-state index is 11.2. The van der Waals surface area contributed by atoms with E-state index in [1.165, 1.54) is 0 Å². The third kappa shape index (κ3) is 2.50. The summed E-state index contributed by atoms with van der Waals surface area (Å²) in [7, 11) is 5.76. The van der Waals surface area contributed by atoms with Gasteiger partial charge in [-0.25, -0.2) is 0 Å². The molecule has 0 saturated heterocycles. The van der Waals surface area contributed by atoms with Crippen LogP contribution in [0.15, 0.2) is 12.1 Å². The zero-order chi connectivity index (χ0) is 13.2. The van der Waals surface area contributed by atoms with Gasteiger partial charge in [-0.2, -0.15) is 0 Å². The molecule has 17 heavy (non-hydrogen) atoms. The molecule has 1 unspecified atom stereocenters. The molecule has 94 valence electrons. The van der Waals surface area contributed by atoms with E-state index in [4.69, 9.17) is 11.5 Å². The van der Waals surface area contributed by atoms with Crippen LogP contribution in [0.4, 0.5) is 11.4 Å². The van der Waals surface area contributed by atoms with Crippen molar-refractivity contribution in [1.82, 2.24) is 4.90 Å². The van der Waals surface area contributed by atoms with Gasteiger partial charge >= 0.3 is 0 Å². The van der Waals surface area contributed by atoms with Crippen molar-refractivity contribution in [1.29, 1.82) is 0 Å². The van der Waals surface area contributed by atoms with Gasteiger partial charge in [-0.3, -0.25) is 4.79 Å². The van der Waals surface area contributed by atoms with Crippen LogP contribution in [0.3, 0.4) is 0 Å². The van der Waals surface area contributed by atoms with E-state index < -0.39 is 5.91 Å². The van der Waals surface area contributed by atoms with Crippen LogP contribution in [0, 0.1) is 0 Å². The molecule has 1 aromatic carbocycles. The fourth-order valence-corrected chi connectivity index (χ4v) is 1.76. The van der Waals surface area contributed by atoms with E-state index in [0.29, 0.717) is 11.3 Å². The molecule has 5 heteroatoms. The van der Waals surface area contributed by atoms with E-state index in [2.05, 4.69) is 17.1 Å². The Labute approximate surface area is 102 Å². The van der Waals surface area contributed by atoms with Crippen molar-refractivity contribution in [2.75, 3.05) is 32.2 Å². The van der Waals surface area contributed by atoms with Gasteiger partial charge in [0, 0.05) is 13.1 Å². The van der Waals surface area contributed by atoms with E-state index in [1.807, 2.05) is 20.2 Å². The van der Waals surface area contributed by atoms with Crippen LogP contribution in [-0.2, 0) is 0 Å². The number of nitrogens with one attached hydrogen (secondary N) is 1. The van der Waals surface area contributed by atoms with Crippen molar-refractivity contribution < 1.29 is 4.79 Å². The maximum absolute atomic E-state index is 11.2. The Morgan fingerprint density at radius 3 is 2.41 bits per heavy atom. The molecule has 1 amide bonds. The van der Waals surface area contributed by atoms with Crippen LogP contribution in [-0.4, -0.2) is 32.0 Å². The van der Waals surface area contributed by atoms with E-state index >= 15 is 0 Å². The van der Waals surface area contributed by atoms with Crippen molar-refractivity contribution in [3.63, 3.8) is 0 Å². The summed E-state index contributed by atoms with van der Waals surface area (Å²) in [4.78, 5) is 13.3. The minimum absolute atomic E-state index is 0.196. The maximum Gasteiger partial charge on any atom is 0.250 e. The van der Waals surface area contributed by atoms with Crippen molar-refractivity contribution in [2.45, 2.75) is 13.0 Å². The molecule has 0 aliphatic carbocycles. The summed E-state index contributed by atoms with van der Waals surface area (Å²) in [5.41, 5.74) is 13.8. The summed E-state index contributed by atoms with van der Waals surface area (Å²) in [6.07, 6.45) is 0. The van der Waals surface area contributed by atoms with Gasteiger partial charge in [-0.05, 0) is 32.6 Å². The highest BCUT2D eigenvalue weighted by atomic mass is 16.1. The first-order valence-corrected chi connectivity index (χ1v) is 5.46. The molecule has 5 N–H and O–H groups in total. The van der Waals surface area contributed by atoms with Crippen molar-refractivity contribution in [3.05, 3.63) is 23.3 Å². The molecular formula is C12H20N4O. The highest BCUT2D eigenvalue weighted by molar-refractivity contribution is 6.01. The fourth-order valence-electron chi connectivity index (χ4n) is 1.76. The minimum Gasteiger partial charge on any atom is -0.396 e. The Kier molecular flexibility index (Phi) is 3.96. The summed E-state index contributed by atoms with van der Waals surface area (Å²) >= 11 is 0. The first kappa shape index (κ1) is 13.3. The highest BCUT2D eigenvalue weighted by Crippen LogP contribution is 2.32. The molecule has 1 atom stereocenters. The molecule has 0 bridgehead atoms. The van der Waals surface area contributed by atoms with Crippen molar-refractivity contribution >= 4 is 17.3 Å². The molecule has 0 heterocycles. The summed E-state index contributed by atoms with van der Waals surface area (Å²) in [6, 6.07) is 3.75. The molecule has 0 radical (unpaired) electrons. The molecule has 0 spiro atoms. The first-order chi connectivity index (χ1) is 7.90. The van der Waals surface area contributed by atoms with E-state index in [1.54, 1.807) is 13.1 Å². The smallest absolute Gasteiger partial charge is 0.250 e. The Morgan fingerprint density at radius 1 is 1.41 bits per heavy atom. The Hall–Kier alpha value is -1.75. The number of anilines is 2. The third-order valence-corrected chi connectivity index (χ3v) is 3.02. The average molecular weight is 236 g/mol. The van der Waals surface area contributed by atoms with Gasteiger partial charge in [-0.15, -0.1) is 0 Å². The predicted octanol–water partition coefficient (Wildman–Crippen LogP) is 1.03. The summed E-state index contributed by atoms with van der Waals surface area (Å²) in [5.74, 6) is -0.511. The van der Waals surface area contributed by atoms with Gasteiger partial charge in [0.2, 0.25) is 0 Å². The summed E-state index contributed by atoms with van der Waals surface area (Å²) < 4.78 is 0. The van der Waals surface area contributed by atoms with E-state index in [9.17, 15) is 4.79 Å². The number of hydrogen-bond acceptors (Lipinski definition) is 4. The molecule has 0 fully saturated rings. The lowest BCUT2D eigenvalue weighted by Gasteiger charge is -2.24. The number of nitrogens with two attached hydrogens (primary N) is 2. The van der Waals surface area contributed by atoms with E-state index in [-0.39, 0.29) is 6.04 Å². The van der Waals surface area contributed by atoms with Crippen LogP contribution < -0.4 is 16.8 Å². The normalized spacial score (nSPS) is 12.5. The number of carbonyl (C=O) groups is 1. The highest BCUT2D eigenvalue weighted by Gasteiger charge is 2.18. The standard InChI is InChI=1S/C12H20N4O/c1-7(16(3)4)8-5-6-9(12(14)17)10(13)11(8)15-2/h5-7,15H,13H2,1-4H3,(H2,14,17). The zero-order valence-corrected chi connectivity index (χ0v) is 10.7. The molecule has 0 aliphatic heterocycles. The Morgan fingerprint density at radius 2 is 2.00 bits per heavy atom. The topological polar surface area (TPSA) is 84.4 Å². The lowest BCUT2D eigenvalue weighted by molar-refractivity contribution is 0.100. The lowest BCUT2D eigenvalue weighted by Crippen LogP contribution is -2.20. The molecule has 1 rings (SSSR count). The number of primary amides is 1. The summed E-state index contributed by atoms with van der Waals surface area (Å²) in [5, 5.41) is 3.04. The number of nitrogen functional groups attached to an aromatic ring is 1. The lowest BCUT2D eigenvalue weighted by atomic mass is 10.00. The number of benzene rings is 1. The van der Waals surface area contributed by atoms with Crippen LogP contribution >= 0.6 is 0 Å². The van der Waals surface area contributed by atoms with Crippen LogP contribution in [0.2, 0.25) is 0 Å². The second kappa shape index (κ2) is 5.05. The quantitative estimate of drug-likeness (QED) is 0.682. The Bertz CT molecular complexity index is 429. The van der Waals surface area contributed by atoms with Gasteiger partial charge < -0.3 is 21.7 Å². The van der Waals surface area contributed by atoms with Crippen molar-refractivity contribution in [2.24, 2.45) is 5.73 Å². The van der Waals surface area contributed by atoms with Gasteiger partial charge in [0.05, 0.1) is 16.9 Å². The number of amides is 1. The minimum atomic E-state index is -0.511. The molecule has 0 aliphatic rings. The van der Waals surface area contributed by atoms with Crippen molar-refractivity contribution in [3.8, 4) is 0 Å². The largest absolute Gasteiger partial charge is 0.396 e. The van der Waals surface area contributed by atoms with Crippen LogP contribution in [0.25, 0.3) is 0 Å². The second-order valence-electron chi connectivity index (χ2n) is 4.24. The predicted molar refractivity (Wildman–Crippen MR) is 71.0 cm³/mol. The molecule has 0 saturated carbocycles.